The second-order valence-corrected chi connectivity index (χ2v) is 7.56. The lowest BCUT2D eigenvalue weighted by Crippen LogP contribution is -2.20. The van der Waals surface area contributed by atoms with Crippen molar-refractivity contribution in [3.8, 4) is 0 Å². The maximum absolute atomic E-state index is 12.8. The van der Waals surface area contributed by atoms with Crippen molar-refractivity contribution in [3.63, 3.8) is 0 Å². The average molecular weight is 394 g/mol. The fraction of sp³-hybridized carbons (Fsp3) is 0.450. The number of hydrogen-bond acceptors (Lipinski definition) is 6. The molecule has 0 aliphatic heterocycles. The van der Waals surface area contributed by atoms with Crippen LogP contribution in [0.25, 0.3) is 6.08 Å². The minimum absolute atomic E-state index is 0.176. The van der Waals surface area contributed by atoms with Crippen molar-refractivity contribution in [2.45, 2.75) is 33.1 Å². The van der Waals surface area contributed by atoms with Crippen LogP contribution in [0, 0.1) is 5.92 Å². The van der Waals surface area contributed by atoms with Gasteiger partial charge in [-0.2, -0.15) is 0 Å². The number of phosphoric ester groups is 1. The summed E-state index contributed by atoms with van der Waals surface area (Å²) in [4.78, 5) is 12.4. The maximum atomic E-state index is 12.8. The molecule has 0 radical (unpaired) electrons. The summed E-state index contributed by atoms with van der Waals surface area (Å²) in [5.41, 5.74) is 1.40. The molecule has 0 saturated heterocycles. The first-order valence-corrected chi connectivity index (χ1v) is 10.6. The van der Waals surface area contributed by atoms with Gasteiger partial charge in [-0.05, 0) is 32.3 Å². The Kier molecular flexibility index (Phi) is 8.29. The van der Waals surface area contributed by atoms with Crippen LogP contribution in [0.5, 0.6) is 0 Å². The number of allylic oxidation sites excluding steroid dienone is 2. The molecule has 1 unspecified atom stereocenters. The van der Waals surface area contributed by atoms with E-state index in [4.69, 9.17) is 18.3 Å². The summed E-state index contributed by atoms with van der Waals surface area (Å²) in [6.07, 6.45) is 5.95. The van der Waals surface area contributed by atoms with Crippen LogP contribution in [0.3, 0.4) is 0 Å². The van der Waals surface area contributed by atoms with E-state index in [1.807, 2.05) is 42.5 Å². The molecule has 1 aromatic carbocycles. The predicted molar refractivity (Wildman–Crippen MR) is 104 cm³/mol. The summed E-state index contributed by atoms with van der Waals surface area (Å²) >= 11 is 0. The summed E-state index contributed by atoms with van der Waals surface area (Å²) in [6, 6.07) is 9.81. The highest BCUT2D eigenvalue weighted by Gasteiger charge is 2.35. The number of ether oxygens (including phenoxy) is 1. The van der Waals surface area contributed by atoms with Crippen LogP contribution < -0.4 is 0 Å². The van der Waals surface area contributed by atoms with E-state index in [2.05, 4.69) is 0 Å². The van der Waals surface area contributed by atoms with E-state index in [1.54, 1.807) is 13.8 Å². The average Bonchev–Trinajstić information content (AvgIpc) is 2.67. The summed E-state index contributed by atoms with van der Waals surface area (Å²) in [6.45, 7) is 3.76. The second kappa shape index (κ2) is 10.5. The molecular formula is C20H27O6P. The van der Waals surface area contributed by atoms with Crippen molar-refractivity contribution in [3.05, 3.63) is 53.3 Å². The minimum atomic E-state index is -3.77. The molecule has 0 N–H and O–H groups in total. The van der Waals surface area contributed by atoms with Gasteiger partial charge >= 0.3 is 13.8 Å². The normalized spacial score (nSPS) is 18.0. The first kappa shape index (κ1) is 21.4. The molecule has 1 aliphatic rings. The highest BCUT2D eigenvalue weighted by Crippen LogP contribution is 2.53. The molecule has 0 saturated carbocycles. The largest absolute Gasteiger partial charge is 0.529 e. The molecule has 7 heteroatoms. The summed E-state index contributed by atoms with van der Waals surface area (Å²) in [7, 11) is -2.44. The molecule has 1 aliphatic carbocycles. The van der Waals surface area contributed by atoms with E-state index in [9.17, 15) is 9.36 Å². The Bertz CT molecular complexity index is 715. The van der Waals surface area contributed by atoms with Gasteiger partial charge in [0, 0.05) is 12.3 Å². The number of phosphoric acid groups is 1. The highest BCUT2D eigenvalue weighted by molar-refractivity contribution is 7.48. The summed E-state index contributed by atoms with van der Waals surface area (Å²) in [5, 5.41) is 0. The van der Waals surface area contributed by atoms with Crippen molar-refractivity contribution in [1.29, 1.82) is 0 Å². The number of carbonyl (C=O) groups is 1. The number of rotatable bonds is 9. The molecule has 0 amide bonds. The van der Waals surface area contributed by atoms with Crippen molar-refractivity contribution in [1.82, 2.24) is 0 Å². The van der Waals surface area contributed by atoms with Crippen LogP contribution in [-0.2, 0) is 27.7 Å². The number of carbonyl (C=O) groups excluding carboxylic acids is 1. The van der Waals surface area contributed by atoms with Crippen LogP contribution in [0.2, 0.25) is 0 Å². The van der Waals surface area contributed by atoms with Crippen LogP contribution in [0.1, 0.15) is 38.7 Å². The topological polar surface area (TPSA) is 71.1 Å². The zero-order valence-electron chi connectivity index (χ0n) is 16.1. The van der Waals surface area contributed by atoms with Crippen molar-refractivity contribution < 1.29 is 27.7 Å². The maximum Gasteiger partial charge on any atom is 0.529 e. The SMILES string of the molecule is CCOP(=O)(OCC)OC1=C(C(=O)OC)C(/C=C\c2ccccc2)CCC1. The standard InChI is InChI=1S/C20H27O6P/c1-4-24-27(22,25-5-2)26-18-13-9-12-17(19(18)20(21)23-3)15-14-16-10-7-6-8-11-16/h6-8,10-11,14-15,17H,4-5,9,12-13H2,1-3H3/b15-14-. The molecule has 0 bridgehead atoms. The number of benzene rings is 1. The second-order valence-electron chi connectivity index (χ2n) is 5.97. The summed E-state index contributed by atoms with van der Waals surface area (Å²) in [5.74, 6) is -0.369. The minimum Gasteiger partial charge on any atom is -0.466 e. The summed E-state index contributed by atoms with van der Waals surface area (Å²) < 4.78 is 33.8. The number of hydrogen-bond donors (Lipinski definition) is 0. The lowest BCUT2D eigenvalue weighted by Gasteiger charge is -2.27. The van der Waals surface area contributed by atoms with Gasteiger partial charge in [0.2, 0.25) is 0 Å². The predicted octanol–water partition coefficient (Wildman–Crippen LogP) is 5.12. The number of methoxy groups -OCH3 is 1. The van der Waals surface area contributed by atoms with E-state index >= 15 is 0 Å². The zero-order chi connectivity index (χ0) is 19.7. The van der Waals surface area contributed by atoms with Gasteiger partial charge in [0.05, 0.1) is 25.9 Å². The third kappa shape index (κ3) is 6.06. The molecule has 1 atom stereocenters. The van der Waals surface area contributed by atoms with E-state index in [0.29, 0.717) is 17.8 Å². The van der Waals surface area contributed by atoms with Crippen molar-refractivity contribution in [2.24, 2.45) is 5.92 Å². The van der Waals surface area contributed by atoms with Gasteiger partial charge < -0.3 is 9.26 Å². The molecule has 0 heterocycles. The van der Waals surface area contributed by atoms with Crippen LogP contribution in [-0.4, -0.2) is 26.3 Å². The molecule has 148 valence electrons. The zero-order valence-corrected chi connectivity index (χ0v) is 16.9. The Labute approximate surface area is 160 Å². The third-order valence-corrected chi connectivity index (χ3v) is 5.71. The van der Waals surface area contributed by atoms with Crippen molar-refractivity contribution >= 4 is 19.9 Å². The van der Waals surface area contributed by atoms with Gasteiger partial charge in [0.1, 0.15) is 5.76 Å². The molecule has 6 nitrogen and oxygen atoms in total. The monoisotopic (exact) mass is 394 g/mol. The molecule has 1 aromatic rings. The van der Waals surface area contributed by atoms with Gasteiger partial charge in [-0.25, -0.2) is 9.36 Å². The lowest BCUT2D eigenvalue weighted by atomic mass is 9.86. The molecule has 0 aromatic heterocycles. The molecule has 0 fully saturated rings. The Hall–Kier alpha value is -1.88. The molecular weight excluding hydrogens is 367 g/mol. The fourth-order valence-electron chi connectivity index (χ4n) is 2.96. The van der Waals surface area contributed by atoms with Gasteiger partial charge in [-0.3, -0.25) is 9.05 Å². The first-order valence-electron chi connectivity index (χ1n) is 9.16. The van der Waals surface area contributed by atoms with E-state index < -0.39 is 13.8 Å². The van der Waals surface area contributed by atoms with E-state index in [0.717, 1.165) is 18.4 Å². The van der Waals surface area contributed by atoms with Gasteiger partial charge in [0.15, 0.2) is 0 Å². The Morgan fingerprint density at radius 1 is 1.19 bits per heavy atom. The first-order chi connectivity index (χ1) is 13.0. The quantitative estimate of drug-likeness (QED) is 0.427. The van der Waals surface area contributed by atoms with Crippen LogP contribution in [0.15, 0.2) is 47.7 Å². The molecule has 2 rings (SSSR count). The van der Waals surface area contributed by atoms with Gasteiger partial charge in [0.25, 0.3) is 0 Å². The van der Waals surface area contributed by atoms with Crippen molar-refractivity contribution in [2.75, 3.05) is 20.3 Å². The van der Waals surface area contributed by atoms with E-state index in [-0.39, 0.29) is 19.1 Å². The third-order valence-electron chi connectivity index (χ3n) is 4.11. The lowest BCUT2D eigenvalue weighted by molar-refractivity contribution is -0.137. The van der Waals surface area contributed by atoms with Gasteiger partial charge in [-0.1, -0.05) is 42.5 Å². The molecule has 27 heavy (non-hydrogen) atoms. The fourth-order valence-corrected chi connectivity index (χ4v) is 4.24. The van der Waals surface area contributed by atoms with Crippen LogP contribution >= 0.6 is 7.82 Å². The molecule has 0 spiro atoms. The smallest absolute Gasteiger partial charge is 0.466 e. The number of esters is 1. The Morgan fingerprint density at radius 2 is 1.85 bits per heavy atom. The van der Waals surface area contributed by atoms with Gasteiger partial charge in [-0.15, -0.1) is 0 Å². The Morgan fingerprint density at radius 3 is 2.44 bits per heavy atom. The van der Waals surface area contributed by atoms with Crippen LogP contribution in [0.4, 0.5) is 0 Å². The highest BCUT2D eigenvalue weighted by atomic mass is 31.2. The Balaban J connectivity index is 2.34. The van der Waals surface area contributed by atoms with E-state index in [1.165, 1.54) is 7.11 Å².